The van der Waals surface area contributed by atoms with Gasteiger partial charge in [-0.05, 0) is 43.7 Å². The number of hydrogen-bond acceptors (Lipinski definition) is 5. The van der Waals surface area contributed by atoms with Gasteiger partial charge in [0, 0.05) is 29.5 Å². The largest absolute Gasteiger partial charge is 0.490 e. The van der Waals surface area contributed by atoms with E-state index < -0.39 is 5.91 Å². The molecule has 0 aromatic heterocycles. The van der Waals surface area contributed by atoms with E-state index in [1.165, 1.54) is 6.20 Å². The molecule has 28 heavy (non-hydrogen) atoms. The minimum absolute atomic E-state index is 0.0409. The van der Waals surface area contributed by atoms with Crippen molar-refractivity contribution in [2.45, 2.75) is 20.4 Å². The summed E-state index contributed by atoms with van der Waals surface area (Å²) in [6.07, 6.45) is 1.36. The van der Waals surface area contributed by atoms with Crippen LogP contribution in [0.15, 0.2) is 54.2 Å². The molecule has 7 heteroatoms. The Labute approximate surface area is 169 Å². The Kier molecular flexibility index (Phi) is 8.19. The summed E-state index contributed by atoms with van der Waals surface area (Å²) in [5.74, 6) is 0.759. The van der Waals surface area contributed by atoms with Crippen LogP contribution in [0.5, 0.6) is 11.5 Å². The molecule has 2 aromatic carbocycles. The predicted octanol–water partition coefficient (Wildman–Crippen LogP) is 4.27. The molecule has 6 nitrogen and oxygen atoms in total. The van der Waals surface area contributed by atoms with Gasteiger partial charge in [-0.3, -0.25) is 4.79 Å². The number of ether oxygens (including phenoxy) is 2. The number of benzene rings is 2. The Morgan fingerprint density at radius 2 is 1.79 bits per heavy atom. The van der Waals surface area contributed by atoms with Crippen LogP contribution in [-0.4, -0.2) is 19.1 Å². The van der Waals surface area contributed by atoms with E-state index in [-0.39, 0.29) is 5.57 Å². The van der Waals surface area contributed by atoms with Crippen LogP contribution >= 0.6 is 11.6 Å². The third kappa shape index (κ3) is 6.22. The van der Waals surface area contributed by atoms with Gasteiger partial charge in [0.2, 0.25) is 0 Å². The Morgan fingerprint density at radius 1 is 1.11 bits per heavy atom. The maximum Gasteiger partial charge on any atom is 0.263 e. The van der Waals surface area contributed by atoms with E-state index >= 15 is 0 Å². The zero-order chi connectivity index (χ0) is 20.4. The highest BCUT2D eigenvalue weighted by Crippen LogP contribution is 2.30. The summed E-state index contributed by atoms with van der Waals surface area (Å²) in [5, 5.41) is 15.6. The summed E-state index contributed by atoms with van der Waals surface area (Å²) in [6, 6.07) is 14.3. The number of carbonyl (C=O) groups excluding carboxylic acids is 1. The molecule has 0 saturated carbocycles. The molecule has 0 aliphatic heterocycles. The molecule has 0 saturated heterocycles. The molecule has 2 aromatic rings. The number of rotatable bonds is 9. The number of hydrogen-bond donors (Lipinski definition) is 2. The maximum atomic E-state index is 12.2. The van der Waals surface area contributed by atoms with E-state index in [1.807, 2.05) is 32.0 Å². The lowest BCUT2D eigenvalue weighted by Gasteiger charge is -2.12. The Morgan fingerprint density at radius 3 is 2.43 bits per heavy atom. The molecular formula is C21H22ClN3O3. The van der Waals surface area contributed by atoms with E-state index in [0.717, 1.165) is 5.56 Å². The lowest BCUT2D eigenvalue weighted by molar-refractivity contribution is -0.117. The molecule has 2 rings (SSSR count). The first-order chi connectivity index (χ1) is 13.6. The highest BCUT2D eigenvalue weighted by Gasteiger charge is 2.10. The van der Waals surface area contributed by atoms with Crippen LogP contribution in [0, 0.1) is 11.3 Å². The average molecular weight is 400 g/mol. The molecule has 0 atom stereocenters. The third-order valence-electron chi connectivity index (χ3n) is 3.66. The van der Waals surface area contributed by atoms with Crippen LogP contribution in [0.3, 0.4) is 0 Å². The quantitative estimate of drug-likeness (QED) is 0.486. The second kappa shape index (κ2) is 10.9. The van der Waals surface area contributed by atoms with Gasteiger partial charge >= 0.3 is 0 Å². The third-order valence-corrected chi connectivity index (χ3v) is 3.91. The molecule has 1 amide bonds. The number of anilines is 1. The van der Waals surface area contributed by atoms with E-state index in [1.54, 1.807) is 30.3 Å². The summed E-state index contributed by atoms with van der Waals surface area (Å²) in [7, 11) is 0. The van der Waals surface area contributed by atoms with Crippen molar-refractivity contribution in [2.75, 3.05) is 18.5 Å². The molecule has 0 unspecified atom stereocenters. The molecule has 0 fully saturated rings. The molecule has 146 valence electrons. The lowest BCUT2D eigenvalue weighted by Crippen LogP contribution is -2.24. The molecule has 2 N–H and O–H groups in total. The van der Waals surface area contributed by atoms with Crippen LogP contribution in [0.1, 0.15) is 19.4 Å². The first-order valence-electron chi connectivity index (χ1n) is 8.86. The van der Waals surface area contributed by atoms with Gasteiger partial charge in [-0.15, -0.1) is 0 Å². The van der Waals surface area contributed by atoms with E-state index in [0.29, 0.717) is 42.0 Å². The van der Waals surface area contributed by atoms with Crippen molar-refractivity contribution in [2.24, 2.45) is 0 Å². The molecule has 0 heterocycles. The van der Waals surface area contributed by atoms with Crippen molar-refractivity contribution in [3.8, 4) is 17.6 Å². The maximum absolute atomic E-state index is 12.2. The van der Waals surface area contributed by atoms with Crippen molar-refractivity contribution in [3.63, 3.8) is 0 Å². The van der Waals surface area contributed by atoms with Gasteiger partial charge < -0.3 is 20.1 Å². The second-order valence-electron chi connectivity index (χ2n) is 5.65. The number of nitriles is 1. The first-order valence-corrected chi connectivity index (χ1v) is 9.24. The molecule has 0 spiro atoms. The zero-order valence-corrected chi connectivity index (χ0v) is 16.5. The fraction of sp³-hybridized carbons (Fsp3) is 0.238. The first kappa shape index (κ1) is 21.1. The Hall–Kier alpha value is -3.17. The normalized spacial score (nSPS) is 10.7. The molecule has 0 aliphatic carbocycles. The van der Waals surface area contributed by atoms with Gasteiger partial charge in [-0.1, -0.05) is 23.7 Å². The molecule has 0 radical (unpaired) electrons. The van der Waals surface area contributed by atoms with Gasteiger partial charge in [0.1, 0.15) is 11.6 Å². The van der Waals surface area contributed by atoms with Crippen LogP contribution in [0.2, 0.25) is 5.02 Å². The summed E-state index contributed by atoms with van der Waals surface area (Å²) in [5.41, 5.74) is 1.52. The van der Waals surface area contributed by atoms with E-state index in [4.69, 9.17) is 21.1 Å². The molecular weight excluding hydrogens is 378 g/mol. The number of amides is 1. The van der Waals surface area contributed by atoms with Crippen molar-refractivity contribution >= 4 is 23.2 Å². The van der Waals surface area contributed by atoms with Gasteiger partial charge in [0.25, 0.3) is 5.91 Å². The fourth-order valence-corrected chi connectivity index (χ4v) is 2.45. The minimum Gasteiger partial charge on any atom is -0.490 e. The predicted molar refractivity (Wildman–Crippen MR) is 109 cm³/mol. The monoisotopic (exact) mass is 399 g/mol. The van der Waals surface area contributed by atoms with Crippen LogP contribution in [-0.2, 0) is 11.3 Å². The topological polar surface area (TPSA) is 83.4 Å². The van der Waals surface area contributed by atoms with E-state index in [9.17, 15) is 10.1 Å². The van der Waals surface area contributed by atoms with Gasteiger partial charge in [0.15, 0.2) is 11.5 Å². The van der Waals surface area contributed by atoms with Gasteiger partial charge in [0.05, 0.1) is 13.2 Å². The van der Waals surface area contributed by atoms with Gasteiger partial charge in [-0.25, -0.2) is 0 Å². The van der Waals surface area contributed by atoms with Crippen LogP contribution < -0.4 is 20.1 Å². The summed E-state index contributed by atoms with van der Waals surface area (Å²) in [4.78, 5) is 12.2. The van der Waals surface area contributed by atoms with Crippen molar-refractivity contribution in [3.05, 3.63) is 64.8 Å². The Bertz CT molecular complexity index is 873. The summed E-state index contributed by atoms with van der Waals surface area (Å²) in [6.45, 7) is 5.10. The molecule has 0 aliphatic rings. The highest BCUT2D eigenvalue weighted by atomic mass is 35.5. The second-order valence-corrected chi connectivity index (χ2v) is 6.09. The lowest BCUT2D eigenvalue weighted by atomic mass is 10.2. The number of carbonyl (C=O) groups is 1. The standard InChI is InChI=1S/C21H22ClN3O3/c1-3-27-19-10-9-18(11-20(19)28-4-2)24-14-16(12-23)21(26)25-13-15-5-7-17(22)8-6-15/h5-11,14,24H,3-4,13H2,1-2H3,(H,25,26)/b16-14-. The van der Waals surface area contributed by atoms with Crippen molar-refractivity contribution in [1.29, 1.82) is 5.26 Å². The van der Waals surface area contributed by atoms with Crippen LogP contribution in [0.4, 0.5) is 5.69 Å². The number of nitrogens with zero attached hydrogens (tertiary/aromatic N) is 1. The highest BCUT2D eigenvalue weighted by molar-refractivity contribution is 6.30. The SMILES string of the molecule is CCOc1ccc(N/C=C(/C#N)C(=O)NCc2ccc(Cl)cc2)cc1OCC. The minimum atomic E-state index is -0.471. The zero-order valence-electron chi connectivity index (χ0n) is 15.8. The Balaban J connectivity index is 2.03. The van der Waals surface area contributed by atoms with Crippen molar-refractivity contribution < 1.29 is 14.3 Å². The summed E-state index contributed by atoms with van der Waals surface area (Å²) >= 11 is 5.84. The summed E-state index contributed by atoms with van der Waals surface area (Å²) < 4.78 is 11.1. The van der Waals surface area contributed by atoms with Crippen molar-refractivity contribution in [1.82, 2.24) is 5.32 Å². The average Bonchev–Trinajstić information content (AvgIpc) is 2.70. The smallest absolute Gasteiger partial charge is 0.263 e. The van der Waals surface area contributed by atoms with Gasteiger partial charge in [-0.2, -0.15) is 5.26 Å². The van der Waals surface area contributed by atoms with E-state index in [2.05, 4.69) is 10.6 Å². The molecule has 0 bridgehead atoms. The number of halogens is 1. The van der Waals surface area contributed by atoms with Crippen LogP contribution in [0.25, 0.3) is 0 Å². The number of nitrogens with one attached hydrogen (secondary N) is 2. The fourth-order valence-electron chi connectivity index (χ4n) is 2.32.